The van der Waals surface area contributed by atoms with Gasteiger partial charge in [0, 0.05) is 26.6 Å². The van der Waals surface area contributed by atoms with Crippen LogP contribution in [0, 0.1) is 0 Å². The van der Waals surface area contributed by atoms with E-state index in [0.717, 1.165) is 55.7 Å². The zero-order valence-electron chi connectivity index (χ0n) is 21.1. The molecule has 0 bridgehead atoms. The summed E-state index contributed by atoms with van der Waals surface area (Å²) in [6, 6.07) is 16.8. The number of aromatic nitrogens is 2. The maximum atomic E-state index is 11.5. The van der Waals surface area contributed by atoms with E-state index >= 15 is 0 Å². The van der Waals surface area contributed by atoms with E-state index in [9.17, 15) is 4.79 Å². The van der Waals surface area contributed by atoms with Gasteiger partial charge in [-0.1, -0.05) is 51.5 Å². The molecular formula is C28H39N3O3. The minimum atomic E-state index is -0.0587. The van der Waals surface area contributed by atoms with Gasteiger partial charge >= 0.3 is 0 Å². The number of hydrogen-bond acceptors (Lipinski definition) is 4. The molecule has 0 fully saturated rings. The van der Waals surface area contributed by atoms with Crippen LogP contribution in [0.2, 0.25) is 0 Å². The molecule has 1 heterocycles. The van der Waals surface area contributed by atoms with E-state index in [2.05, 4.69) is 73.1 Å². The van der Waals surface area contributed by atoms with Gasteiger partial charge in [0.2, 0.25) is 5.91 Å². The number of hydrogen-bond donors (Lipinski definition) is 1. The van der Waals surface area contributed by atoms with E-state index < -0.39 is 0 Å². The van der Waals surface area contributed by atoms with E-state index in [4.69, 9.17) is 14.5 Å². The number of unbranched alkanes of at least 4 members (excludes halogenated alkanes) is 2. The van der Waals surface area contributed by atoms with E-state index in [0.29, 0.717) is 13.2 Å². The smallest absolute Gasteiger partial charge is 0.245 e. The van der Waals surface area contributed by atoms with Gasteiger partial charge in [-0.05, 0) is 54.5 Å². The molecule has 6 nitrogen and oxygen atoms in total. The molecule has 184 valence electrons. The van der Waals surface area contributed by atoms with Crippen molar-refractivity contribution in [1.29, 1.82) is 0 Å². The number of amides is 1. The molecule has 0 aliphatic heterocycles. The monoisotopic (exact) mass is 465 g/mol. The molecule has 0 aliphatic carbocycles. The maximum Gasteiger partial charge on any atom is 0.245 e. The molecule has 3 aromatic rings. The van der Waals surface area contributed by atoms with E-state index in [-0.39, 0.29) is 17.9 Å². The number of nitrogens with one attached hydrogen (secondary N) is 1. The highest BCUT2D eigenvalue weighted by Crippen LogP contribution is 2.24. The summed E-state index contributed by atoms with van der Waals surface area (Å²) in [5.41, 5.74) is 3.68. The topological polar surface area (TPSA) is 65.4 Å². The predicted octanol–water partition coefficient (Wildman–Crippen LogP) is 5.28. The molecule has 1 amide bonds. The van der Waals surface area contributed by atoms with Gasteiger partial charge in [-0.15, -0.1) is 0 Å². The first-order valence-electron chi connectivity index (χ1n) is 12.3. The number of carbonyl (C=O) groups is 1. The van der Waals surface area contributed by atoms with Crippen molar-refractivity contribution in [3.8, 4) is 5.75 Å². The van der Waals surface area contributed by atoms with Crippen molar-refractivity contribution in [3.05, 3.63) is 59.9 Å². The van der Waals surface area contributed by atoms with Crippen LogP contribution >= 0.6 is 0 Å². The second kappa shape index (κ2) is 12.6. The first-order valence-corrected chi connectivity index (χ1v) is 12.3. The summed E-state index contributed by atoms with van der Waals surface area (Å²) in [6.07, 6.45) is 4.89. The van der Waals surface area contributed by atoms with Gasteiger partial charge in [-0.25, -0.2) is 4.98 Å². The number of rotatable bonds is 13. The van der Waals surface area contributed by atoms with Crippen molar-refractivity contribution < 1.29 is 14.3 Å². The summed E-state index contributed by atoms with van der Waals surface area (Å²) >= 11 is 0. The standard InChI is InChI=1S/C28H39N3O3/c1-28(2,3)22-14-16-23(17-15-22)34-20-10-19-31-25-12-8-7-11-24(25)30-26(31)13-6-5-9-18-29-27(32)21-33-4/h7-8,11-12,14-17H,5-6,9-10,13,18-21H2,1-4H3,(H,29,32). The summed E-state index contributed by atoms with van der Waals surface area (Å²) < 4.78 is 13.2. The van der Waals surface area contributed by atoms with E-state index in [1.54, 1.807) is 0 Å². The molecule has 0 spiro atoms. The zero-order chi connectivity index (χ0) is 24.4. The number of methoxy groups -OCH3 is 1. The highest BCUT2D eigenvalue weighted by molar-refractivity contribution is 5.77. The lowest BCUT2D eigenvalue weighted by Gasteiger charge is -2.19. The van der Waals surface area contributed by atoms with Crippen molar-refractivity contribution in [2.75, 3.05) is 26.9 Å². The van der Waals surface area contributed by atoms with Crippen molar-refractivity contribution in [3.63, 3.8) is 0 Å². The fraction of sp³-hybridized carbons (Fsp3) is 0.500. The molecule has 0 aliphatic rings. The van der Waals surface area contributed by atoms with Gasteiger partial charge in [0.05, 0.1) is 17.6 Å². The van der Waals surface area contributed by atoms with Crippen LogP contribution in [0.25, 0.3) is 11.0 Å². The minimum absolute atomic E-state index is 0.0587. The van der Waals surface area contributed by atoms with E-state index in [1.165, 1.54) is 18.2 Å². The molecule has 0 radical (unpaired) electrons. The van der Waals surface area contributed by atoms with Crippen LogP contribution in [0.4, 0.5) is 0 Å². The Labute approximate surface area is 203 Å². The molecule has 0 saturated carbocycles. The molecule has 0 atom stereocenters. The predicted molar refractivity (Wildman–Crippen MR) is 137 cm³/mol. The highest BCUT2D eigenvalue weighted by atomic mass is 16.5. The first-order chi connectivity index (χ1) is 16.4. The fourth-order valence-electron chi connectivity index (χ4n) is 4.02. The number of benzene rings is 2. The quantitative estimate of drug-likeness (QED) is 0.349. The number of ether oxygens (including phenoxy) is 2. The zero-order valence-corrected chi connectivity index (χ0v) is 21.1. The molecule has 34 heavy (non-hydrogen) atoms. The van der Waals surface area contributed by atoms with Gasteiger partial charge in [-0.3, -0.25) is 4.79 Å². The second-order valence-corrected chi connectivity index (χ2v) is 9.74. The molecule has 1 N–H and O–H groups in total. The Morgan fingerprint density at radius 1 is 1.00 bits per heavy atom. The number of aryl methyl sites for hydroxylation is 2. The lowest BCUT2D eigenvalue weighted by molar-refractivity contribution is -0.124. The van der Waals surface area contributed by atoms with Crippen LogP contribution in [-0.2, 0) is 27.9 Å². The average Bonchev–Trinajstić information content (AvgIpc) is 3.16. The van der Waals surface area contributed by atoms with Crippen molar-refractivity contribution in [2.45, 2.75) is 64.8 Å². The molecule has 1 aromatic heterocycles. The first kappa shape index (κ1) is 25.8. The van der Waals surface area contributed by atoms with Crippen LogP contribution in [0.5, 0.6) is 5.75 Å². The average molecular weight is 466 g/mol. The van der Waals surface area contributed by atoms with Gasteiger partial charge in [0.25, 0.3) is 0 Å². The van der Waals surface area contributed by atoms with Crippen LogP contribution in [0.15, 0.2) is 48.5 Å². The molecule has 3 rings (SSSR count). The Kier molecular flexibility index (Phi) is 9.52. The molecule has 0 unspecified atom stereocenters. The number of carbonyl (C=O) groups excluding carboxylic acids is 1. The Morgan fingerprint density at radius 3 is 2.50 bits per heavy atom. The third-order valence-corrected chi connectivity index (χ3v) is 5.92. The Balaban J connectivity index is 1.49. The maximum absolute atomic E-state index is 11.5. The fourth-order valence-corrected chi connectivity index (χ4v) is 4.02. The second-order valence-electron chi connectivity index (χ2n) is 9.74. The Morgan fingerprint density at radius 2 is 1.76 bits per heavy atom. The normalized spacial score (nSPS) is 11.6. The third kappa shape index (κ3) is 7.59. The van der Waals surface area contributed by atoms with Gasteiger partial charge in [-0.2, -0.15) is 0 Å². The van der Waals surface area contributed by atoms with Gasteiger partial charge in [0.15, 0.2) is 0 Å². The molecule has 0 saturated heterocycles. The van der Waals surface area contributed by atoms with Crippen LogP contribution in [0.3, 0.4) is 0 Å². The Bertz CT molecular complexity index is 1040. The Hall–Kier alpha value is -2.86. The summed E-state index contributed by atoms with van der Waals surface area (Å²) in [6.45, 7) is 9.01. The van der Waals surface area contributed by atoms with Crippen LogP contribution < -0.4 is 10.1 Å². The summed E-state index contributed by atoms with van der Waals surface area (Å²) in [5, 5.41) is 2.87. The lowest BCUT2D eigenvalue weighted by atomic mass is 9.87. The number of nitrogens with zero attached hydrogens (tertiary/aromatic N) is 2. The van der Waals surface area contributed by atoms with Crippen molar-refractivity contribution in [1.82, 2.24) is 14.9 Å². The van der Waals surface area contributed by atoms with Gasteiger partial charge in [0.1, 0.15) is 18.2 Å². The molecule has 6 heteroatoms. The number of fused-ring (bicyclic) bond motifs is 1. The minimum Gasteiger partial charge on any atom is -0.494 e. The summed E-state index contributed by atoms with van der Waals surface area (Å²) in [4.78, 5) is 16.3. The van der Waals surface area contributed by atoms with E-state index in [1.807, 2.05) is 6.07 Å². The summed E-state index contributed by atoms with van der Waals surface area (Å²) in [7, 11) is 1.53. The largest absolute Gasteiger partial charge is 0.494 e. The number of para-hydroxylation sites is 2. The van der Waals surface area contributed by atoms with Crippen molar-refractivity contribution in [2.24, 2.45) is 0 Å². The number of imidazole rings is 1. The van der Waals surface area contributed by atoms with Crippen LogP contribution in [-0.4, -0.2) is 42.3 Å². The molecular weight excluding hydrogens is 426 g/mol. The SMILES string of the molecule is COCC(=O)NCCCCCc1nc2ccccc2n1CCCOc1ccc(C(C)(C)C)cc1. The van der Waals surface area contributed by atoms with Crippen LogP contribution in [0.1, 0.15) is 57.8 Å². The van der Waals surface area contributed by atoms with Gasteiger partial charge < -0.3 is 19.4 Å². The summed E-state index contributed by atoms with van der Waals surface area (Å²) in [5.74, 6) is 1.98. The third-order valence-electron chi connectivity index (χ3n) is 5.92. The lowest BCUT2D eigenvalue weighted by Crippen LogP contribution is -2.27. The molecule has 2 aromatic carbocycles. The highest BCUT2D eigenvalue weighted by Gasteiger charge is 2.13. The van der Waals surface area contributed by atoms with Crippen molar-refractivity contribution >= 4 is 16.9 Å².